The lowest BCUT2D eigenvalue weighted by molar-refractivity contribution is -0.161. The van der Waals surface area contributed by atoms with E-state index in [-0.39, 0.29) is 19.4 Å². The van der Waals surface area contributed by atoms with Gasteiger partial charge >= 0.3 is 19.8 Å². The van der Waals surface area contributed by atoms with Gasteiger partial charge in [0.05, 0.1) is 18.8 Å². The molecule has 1 fully saturated rings. The summed E-state index contributed by atoms with van der Waals surface area (Å²) in [7, 11) is -4.76. The zero-order valence-corrected chi connectivity index (χ0v) is 36.6. The third-order valence-corrected chi connectivity index (χ3v) is 11.1. The van der Waals surface area contributed by atoms with Crippen LogP contribution >= 0.6 is 7.82 Å². The van der Waals surface area contributed by atoms with Gasteiger partial charge in [0.1, 0.15) is 6.61 Å². The Bertz CT molecular complexity index is 981. The van der Waals surface area contributed by atoms with Crippen molar-refractivity contribution in [3.8, 4) is 0 Å². The van der Waals surface area contributed by atoms with Crippen molar-refractivity contribution in [2.24, 2.45) is 5.92 Å². The van der Waals surface area contributed by atoms with E-state index in [2.05, 4.69) is 37.4 Å². The van der Waals surface area contributed by atoms with Gasteiger partial charge in [-0.1, -0.05) is 187 Å². The van der Waals surface area contributed by atoms with Crippen molar-refractivity contribution < 1.29 is 42.7 Å². The van der Waals surface area contributed by atoms with E-state index in [1.54, 1.807) is 0 Å². The first kappa shape index (κ1) is 51.8. The highest BCUT2D eigenvalue weighted by Crippen LogP contribution is 2.36. The standard InChI is InChI=1S/C45H85O9P/c1-4-5-28-34-42-43(54-42)35-30-25-21-18-19-22-26-31-36-44(46)51-38-41(39-52-55(48,49)50)53-45(47)37-32-27-23-17-15-13-11-9-7-6-8-10-12-14-16-20-24-29-33-40(2)3/h25,30,40-43H,4-24,26-29,31-39H2,1-3H3,(H2,48,49,50)/b30-25-/t41-,42?,43?/m1/s1. The Morgan fingerprint density at radius 3 is 1.62 bits per heavy atom. The molecule has 0 aliphatic carbocycles. The normalized spacial score (nSPS) is 16.3. The number of ether oxygens (including phenoxy) is 3. The van der Waals surface area contributed by atoms with Gasteiger partial charge in [-0.3, -0.25) is 14.1 Å². The van der Waals surface area contributed by atoms with Gasteiger partial charge in [0.15, 0.2) is 6.10 Å². The molecular weight excluding hydrogens is 715 g/mol. The fraction of sp³-hybridized carbons (Fsp3) is 0.911. The van der Waals surface area contributed by atoms with Gasteiger partial charge in [-0.05, 0) is 44.4 Å². The van der Waals surface area contributed by atoms with Gasteiger partial charge < -0.3 is 24.0 Å². The van der Waals surface area contributed by atoms with E-state index in [1.807, 2.05) is 0 Å². The van der Waals surface area contributed by atoms with Gasteiger partial charge in [-0.2, -0.15) is 0 Å². The van der Waals surface area contributed by atoms with Gasteiger partial charge in [0, 0.05) is 12.8 Å². The molecule has 0 spiro atoms. The highest BCUT2D eigenvalue weighted by molar-refractivity contribution is 7.46. The second-order valence-corrected chi connectivity index (χ2v) is 17.8. The molecule has 55 heavy (non-hydrogen) atoms. The van der Waals surface area contributed by atoms with Gasteiger partial charge in [0.2, 0.25) is 0 Å². The summed E-state index contributed by atoms with van der Waals surface area (Å²) in [5, 5.41) is 0. The van der Waals surface area contributed by atoms with Crippen LogP contribution in [0.4, 0.5) is 0 Å². The number of hydrogen-bond acceptors (Lipinski definition) is 7. The molecule has 1 aliphatic rings. The maximum atomic E-state index is 12.4. The molecule has 0 aromatic rings. The highest BCUT2D eigenvalue weighted by atomic mass is 31.2. The summed E-state index contributed by atoms with van der Waals surface area (Å²) < 4.78 is 32.2. The average molecular weight is 801 g/mol. The lowest BCUT2D eigenvalue weighted by Crippen LogP contribution is -2.29. The molecule has 2 N–H and O–H groups in total. The van der Waals surface area contributed by atoms with E-state index in [4.69, 9.17) is 24.0 Å². The van der Waals surface area contributed by atoms with Crippen LogP contribution in [0, 0.1) is 5.92 Å². The summed E-state index contributed by atoms with van der Waals surface area (Å²) in [6.07, 6.45) is 41.1. The second kappa shape index (κ2) is 35.9. The highest BCUT2D eigenvalue weighted by Gasteiger charge is 2.36. The van der Waals surface area contributed by atoms with Crippen molar-refractivity contribution in [3.05, 3.63) is 12.2 Å². The number of esters is 2. The first-order valence-electron chi connectivity index (χ1n) is 23.0. The number of hydrogen-bond donors (Lipinski definition) is 2. The summed E-state index contributed by atoms with van der Waals surface area (Å²) in [5.41, 5.74) is 0. The van der Waals surface area contributed by atoms with Crippen molar-refractivity contribution >= 4 is 19.8 Å². The fourth-order valence-corrected chi connectivity index (χ4v) is 7.46. The molecule has 1 aliphatic heterocycles. The summed E-state index contributed by atoms with van der Waals surface area (Å²) >= 11 is 0. The molecule has 0 aromatic carbocycles. The van der Waals surface area contributed by atoms with Gasteiger partial charge in [-0.15, -0.1) is 0 Å². The number of carbonyl (C=O) groups is 2. The van der Waals surface area contributed by atoms with Crippen LogP contribution < -0.4 is 0 Å². The zero-order chi connectivity index (χ0) is 40.2. The topological polar surface area (TPSA) is 132 Å². The quantitative estimate of drug-likeness (QED) is 0.0204. The van der Waals surface area contributed by atoms with E-state index in [1.165, 1.54) is 122 Å². The van der Waals surface area contributed by atoms with Crippen LogP contribution in [0.3, 0.4) is 0 Å². The molecule has 9 nitrogen and oxygen atoms in total. The van der Waals surface area contributed by atoms with Crippen molar-refractivity contribution in [1.82, 2.24) is 0 Å². The smallest absolute Gasteiger partial charge is 0.462 e. The minimum Gasteiger partial charge on any atom is -0.462 e. The molecule has 1 heterocycles. The van der Waals surface area contributed by atoms with Crippen molar-refractivity contribution in [3.63, 3.8) is 0 Å². The van der Waals surface area contributed by atoms with Crippen LogP contribution in [0.15, 0.2) is 12.2 Å². The molecule has 2 unspecified atom stereocenters. The Hall–Kier alpha value is -1.25. The molecule has 0 aromatic heterocycles. The molecule has 1 rings (SSSR count). The van der Waals surface area contributed by atoms with Crippen LogP contribution in [-0.2, 0) is 32.9 Å². The minimum atomic E-state index is -4.76. The largest absolute Gasteiger partial charge is 0.469 e. The molecule has 10 heteroatoms. The first-order chi connectivity index (χ1) is 26.6. The van der Waals surface area contributed by atoms with Gasteiger partial charge in [-0.25, -0.2) is 4.57 Å². The summed E-state index contributed by atoms with van der Waals surface area (Å²) in [6.45, 7) is 6.03. The van der Waals surface area contributed by atoms with Crippen LogP contribution in [0.5, 0.6) is 0 Å². The number of phosphoric ester groups is 1. The van der Waals surface area contributed by atoms with E-state index in [9.17, 15) is 14.2 Å². The SMILES string of the molecule is CCCCCC1OC1C/C=C\CCCCCCCC(=O)OC[C@H](COP(=O)(O)O)OC(=O)CCCCCCCCCCCCCCCCCCCCC(C)C. The average Bonchev–Trinajstić information content (AvgIpc) is 3.89. The molecule has 1 saturated heterocycles. The zero-order valence-electron chi connectivity index (χ0n) is 35.7. The number of epoxide rings is 1. The minimum absolute atomic E-state index is 0.211. The molecular formula is C45H85O9P. The Morgan fingerprint density at radius 1 is 0.618 bits per heavy atom. The Morgan fingerprint density at radius 2 is 1.11 bits per heavy atom. The van der Waals surface area contributed by atoms with Crippen molar-refractivity contribution in [2.45, 2.75) is 245 Å². The number of allylic oxidation sites excluding steroid dienone is 1. The maximum absolute atomic E-state index is 12.4. The Labute approximate surface area is 337 Å². The molecule has 0 saturated carbocycles. The monoisotopic (exact) mass is 801 g/mol. The number of rotatable bonds is 41. The predicted molar refractivity (Wildman–Crippen MR) is 225 cm³/mol. The first-order valence-corrected chi connectivity index (χ1v) is 24.5. The predicted octanol–water partition coefficient (Wildman–Crippen LogP) is 13.0. The molecule has 0 bridgehead atoms. The van der Waals surface area contributed by atoms with Crippen LogP contribution in [-0.4, -0.2) is 53.3 Å². The van der Waals surface area contributed by atoms with E-state index in [0.717, 1.165) is 63.7 Å². The fourth-order valence-electron chi connectivity index (χ4n) is 7.10. The van der Waals surface area contributed by atoms with Crippen LogP contribution in [0.25, 0.3) is 0 Å². The maximum Gasteiger partial charge on any atom is 0.469 e. The third-order valence-electron chi connectivity index (χ3n) is 10.6. The Kier molecular flexibility index (Phi) is 33.8. The van der Waals surface area contributed by atoms with Crippen LogP contribution in [0.1, 0.15) is 226 Å². The van der Waals surface area contributed by atoms with Crippen molar-refractivity contribution in [1.29, 1.82) is 0 Å². The molecule has 3 atom stereocenters. The lowest BCUT2D eigenvalue weighted by atomic mass is 10.0. The summed E-state index contributed by atoms with van der Waals surface area (Å²) in [6, 6.07) is 0. The van der Waals surface area contributed by atoms with E-state index < -0.39 is 32.5 Å². The van der Waals surface area contributed by atoms with Gasteiger partial charge in [0.25, 0.3) is 0 Å². The summed E-state index contributed by atoms with van der Waals surface area (Å²) in [4.78, 5) is 43.0. The van der Waals surface area contributed by atoms with Crippen LogP contribution in [0.2, 0.25) is 0 Å². The third kappa shape index (κ3) is 36.8. The molecule has 0 amide bonds. The van der Waals surface area contributed by atoms with Crippen molar-refractivity contribution in [2.75, 3.05) is 13.2 Å². The summed E-state index contributed by atoms with van der Waals surface area (Å²) in [5.74, 6) is -0.0472. The Balaban J connectivity index is 2.00. The number of carbonyl (C=O) groups excluding carboxylic acids is 2. The second-order valence-electron chi connectivity index (χ2n) is 16.6. The lowest BCUT2D eigenvalue weighted by Gasteiger charge is -2.18. The number of phosphoric acid groups is 1. The number of unbranched alkanes of at least 4 members (excludes halogenated alkanes) is 24. The van der Waals surface area contributed by atoms with E-state index >= 15 is 0 Å². The van der Waals surface area contributed by atoms with E-state index in [0.29, 0.717) is 25.0 Å². The molecule has 0 radical (unpaired) electrons. The molecule has 324 valence electrons.